The maximum absolute atomic E-state index is 12.6. The summed E-state index contributed by atoms with van der Waals surface area (Å²) in [5, 5.41) is 5.05. The maximum Gasteiger partial charge on any atom is 0.241 e. The van der Waals surface area contributed by atoms with Gasteiger partial charge in [-0.2, -0.15) is 0 Å². The molecule has 2 rings (SSSR count). The topological polar surface area (TPSA) is 32.3 Å². The summed E-state index contributed by atoms with van der Waals surface area (Å²) in [5.41, 5.74) is 1.87. The van der Waals surface area contributed by atoms with Crippen LogP contribution in [0.25, 0.3) is 0 Å². The van der Waals surface area contributed by atoms with Gasteiger partial charge in [-0.15, -0.1) is 17.8 Å². The van der Waals surface area contributed by atoms with Gasteiger partial charge in [0.05, 0.1) is 11.7 Å². The first-order valence-corrected chi connectivity index (χ1v) is 8.15. The SMILES string of the molecule is C#Cc1scc(C)c1NC(=O)C1CCCCN1CCC. The summed E-state index contributed by atoms with van der Waals surface area (Å²) >= 11 is 1.51. The second kappa shape index (κ2) is 6.92. The second-order valence-corrected chi connectivity index (χ2v) is 6.18. The molecule has 4 heteroatoms. The molecule has 0 bridgehead atoms. The third-order valence-electron chi connectivity index (χ3n) is 3.78. The second-order valence-electron chi connectivity index (χ2n) is 5.30. The third-order valence-corrected chi connectivity index (χ3v) is 4.81. The number of hydrogen-bond acceptors (Lipinski definition) is 3. The quantitative estimate of drug-likeness (QED) is 0.863. The van der Waals surface area contributed by atoms with Crippen LogP contribution >= 0.6 is 11.3 Å². The molecule has 108 valence electrons. The van der Waals surface area contributed by atoms with E-state index in [1.54, 1.807) is 0 Å². The fourth-order valence-corrected chi connectivity index (χ4v) is 3.57. The lowest BCUT2D eigenvalue weighted by molar-refractivity contribution is -0.122. The Bertz CT molecular complexity index is 513. The third kappa shape index (κ3) is 3.23. The number of piperidine rings is 1. The van der Waals surface area contributed by atoms with Crippen LogP contribution in [0.2, 0.25) is 0 Å². The van der Waals surface area contributed by atoms with Crippen molar-refractivity contribution >= 4 is 22.9 Å². The molecule has 1 saturated heterocycles. The summed E-state index contributed by atoms with van der Waals surface area (Å²) in [6.45, 7) is 6.15. The molecule has 0 aliphatic carbocycles. The molecule has 20 heavy (non-hydrogen) atoms. The molecule has 2 heterocycles. The number of amides is 1. The van der Waals surface area contributed by atoms with Crippen molar-refractivity contribution in [2.45, 2.75) is 45.6 Å². The highest BCUT2D eigenvalue weighted by Crippen LogP contribution is 2.28. The van der Waals surface area contributed by atoms with E-state index < -0.39 is 0 Å². The lowest BCUT2D eigenvalue weighted by atomic mass is 10.0. The number of terminal acetylenes is 1. The van der Waals surface area contributed by atoms with E-state index in [-0.39, 0.29) is 11.9 Å². The predicted octanol–water partition coefficient (Wildman–Crippen LogP) is 3.24. The highest BCUT2D eigenvalue weighted by molar-refractivity contribution is 7.11. The smallest absolute Gasteiger partial charge is 0.241 e. The molecular weight excluding hydrogens is 268 g/mol. The fourth-order valence-electron chi connectivity index (χ4n) is 2.76. The minimum Gasteiger partial charge on any atom is -0.323 e. The van der Waals surface area contributed by atoms with Crippen LogP contribution in [0.1, 0.15) is 43.0 Å². The average Bonchev–Trinajstić information content (AvgIpc) is 2.80. The Balaban J connectivity index is 2.10. The molecule has 1 aliphatic rings. The molecule has 1 atom stereocenters. The molecule has 0 radical (unpaired) electrons. The molecule has 0 aromatic carbocycles. The summed E-state index contributed by atoms with van der Waals surface area (Å²) in [6, 6.07) is -0.00590. The Kier molecular flexibility index (Phi) is 5.22. The van der Waals surface area contributed by atoms with Gasteiger partial charge < -0.3 is 5.32 Å². The molecule has 1 aromatic rings. The first-order chi connectivity index (χ1) is 9.67. The molecule has 1 N–H and O–H groups in total. The fraction of sp³-hybridized carbons (Fsp3) is 0.562. The van der Waals surface area contributed by atoms with Crippen molar-refractivity contribution < 1.29 is 4.79 Å². The molecular formula is C16H22N2OS. The minimum atomic E-state index is -0.00590. The van der Waals surface area contributed by atoms with E-state index >= 15 is 0 Å². The number of nitrogens with one attached hydrogen (secondary N) is 1. The number of carbonyl (C=O) groups excluding carboxylic acids is 1. The number of carbonyl (C=O) groups is 1. The monoisotopic (exact) mass is 290 g/mol. The highest BCUT2D eigenvalue weighted by Gasteiger charge is 2.28. The van der Waals surface area contributed by atoms with Gasteiger partial charge in [0.25, 0.3) is 0 Å². The van der Waals surface area contributed by atoms with E-state index in [0.29, 0.717) is 0 Å². The number of rotatable bonds is 4. The van der Waals surface area contributed by atoms with E-state index in [0.717, 1.165) is 48.5 Å². The lowest BCUT2D eigenvalue weighted by Crippen LogP contribution is -2.47. The van der Waals surface area contributed by atoms with Gasteiger partial charge >= 0.3 is 0 Å². The van der Waals surface area contributed by atoms with Gasteiger partial charge in [0.1, 0.15) is 4.88 Å². The summed E-state index contributed by atoms with van der Waals surface area (Å²) in [6.07, 6.45) is 9.84. The van der Waals surface area contributed by atoms with E-state index in [1.807, 2.05) is 12.3 Å². The Hall–Kier alpha value is -1.31. The van der Waals surface area contributed by atoms with Crippen LogP contribution < -0.4 is 5.32 Å². The van der Waals surface area contributed by atoms with Crippen molar-refractivity contribution in [1.29, 1.82) is 0 Å². The van der Waals surface area contributed by atoms with Gasteiger partial charge in [-0.1, -0.05) is 19.3 Å². The van der Waals surface area contributed by atoms with Gasteiger partial charge in [0, 0.05) is 0 Å². The Morgan fingerprint density at radius 1 is 1.60 bits per heavy atom. The van der Waals surface area contributed by atoms with Gasteiger partial charge in [0.15, 0.2) is 0 Å². The number of thiophene rings is 1. The van der Waals surface area contributed by atoms with E-state index in [1.165, 1.54) is 17.8 Å². The Morgan fingerprint density at radius 3 is 3.10 bits per heavy atom. The maximum atomic E-state index is 12.6. The van der Waals surface area contributed by atoms with Crippen LogP contribution in [-0.4, -0.2) is 29.9 Å². The zero-order valence-corrected chi connectivity index (χ0v) is 13.1. The highest BCUT2D eigenvalue weighted by atomic mass is 32.1. The van der Waals surface area contributed by atoms with Crippen LogP contribution in [0.4, 0.5) is 5.69 Å². The van der Waals surface area contributed by atoms with Crippen molar-refractivity contribution in [1.82, 2.24) is 4.90 Å². The molecule has 0 saturated carbocycles. The van der Waals surface area contributed by atoms with Gasteiger partial charge in [0.2, 0.25) is 5.91 Å². The predicted molar refractivity (Wildman–Crippen MR) is 85.1 cm³/mol. The first-order valence-electron chi connectivity index (χ1n) is 7.27. The van der Waals surface area contributed by atoms with Crippen molar-refractivity contribution in [3.05, 3.63) is 15.8 Å². The minimum absolute atomic E-state index is 0.00590. The summed E-state index contributed by atoms with van der Waals surface area (Å²) in [5.74, 6) is 2.74. The van der Waals surface area contributed by atoms with Crippen LogP contribution in [0.3, 0.4) is 0 Å². The normalized spacial score (nSPS) is 19.6. The van der Waals surface area contributed by atoms with Crippen LogP contribution in [0.5, 0.6) is 0 Å². The van der Waals surface area contributed by atoms with Crippen LogP contribution in [0.15, 0.2) is 5.38 Å². The zero-order valence-electron chi connectivity index (χ0n) is 12.2. The van der Waals surface area contributed by atoms with E-state index in [2.05, 4.69) is 23.1 Å². The molecule has 1 amide bonds. The van der Waals surface area contributed by atoms with E-state index in [4.69, 9.17) is 6.42 Å². The summed E-state index contributed by atoms with van der Waals surface area (Å²) in [7, 11) is 0. The number of likely N-dealkylation sites (tertiary alicyclic amines) is 1. The standard InChI is InChI=1S/C16H22N2OS/c1-4-9-18-10-7-6-8-13(18)16(19)17-15-12(3)11-20-14(15)5-2/h2,11,13H,4,6-10H2,1,3H3,(H,17,19). The number of aryl methyl sites for hydroxylation is 1. The lowest BCUT2D eigenvalue weighted by Gasteiger charge is -2.34. The summed E-state index contributed by atoms with van der Waals surface area (Å²) < 4.78 is 0. The summed E-state index contributed by atoms with van der Waals surface area (Å²) in [4.78, 5) is 15.7. The molecule has 1 aliphatic heterocycles. The molecule has 1 aromatic heterocycles. The Morgan fingerprint density at radius 2 is 2.40 bits per heavy atom. The molecule has 1 unspecified atom stereocenters. The van der Waals surface area contributed by atoms with Crippen molar-refractivity contribution in [3.8, 4) is 12.3 Å². The van der Waals surface area contributed by atoms with Gasteiger partial charge in [-0.3, -0.25) is 9.69 Å². The molecule has 1 fully saturated rings. The first kappa shape index (κ1) is 15.1. The molecule has 3 nitrogen and oxygen atoms in total. The zero-order chi connectivity index (χ0) is 14.5. The largest absolute Gasteiger partial charge is 0.323 e. The number of hydrogen-bond donors (Lipinski definition) is 1. The number of anilines is 1. The van der Waals surface area contributed by atoms with E-state index in [9.17, 15) is 4.79 Å². The molecule has 0 spiro atoms. The van der Waals surface area contributed by atoms with Crippen molar-refractivity contribution in [2.75, 3.05) is 18.4 Å². The Labute approximate surface area is 125 Å². The van der Waals surface area contributed by atoms with Crippen molar-refractivity contribution in [3.63, 3.8) is 0 Å². The van der Waals surface area contributed by atoms with Gasteiger partial charge in [-0.05, 0) is 50.2 Å². The van der Waals surface area contributed by atoms with Crippen molar-refractivity contribution in [2.24, 2.45) is 0 Å². The van der Waals surface area contributed by atoms with Crippen LogP contribution in [0, 0.1) is 19.3 Å². The average molecular weight is 290 g/mol. The van der Waals surface area contributed by atoms with Crippen LogP contribution in [-0.2, 0) is 4.79 Å². The number of nitrogens with zero attached hydrogens (tertiary/aromatic N) is 1. The van der Waals surface area contributed by atoms with Gasteiger partial charge in [-0.25, -0.2) is 0 Å².